The van der Waals surface area contributed by atoms with E-state index in [1.165, 1.54) is 134 Å². The van der Waals surface area contributed by atoms with Crippen LogP contribution >= 0.6 is 0 Å². The summed E-state index contributed by atoms with van der Waals surface area (Å²) in [6, 6.07) is 63.8. The first-order valence-electron chi connectivity index (χ1n) is 24.4. The van der Waals surface area contributed by atoms with Crippen LogP contribution in [0.1, 0.15) is 65.2 Å². The minimum atomic E-state index is 0.675. The molecule has 2 nitrogen and oxygen atoms in total. The molecule has 12 rings (SSSR count). The van der Waals surface area contributed by atoms with Crippen LogP contribution < -0.4 is 9.47 Å². The smallest absolute Gasteiger partial charge is 0.127 e. The van der Waals surface area contributed by atoms with Gasteiger partial charge in [-0.15, -0.1) is 0 Å². The van der Waals surface area contributed by atoms with E-state index in [0.717, 1.165) is 48.3 Å². The van der Waals surface area contributed by atoms with E-state index >= 15 is 0 Å². The second kappa shape index (κ2) is 17.0. The van der Waals surface area contributed by atoms with Gasteiger partial charge in [0.2, 0.25) is 0 Å². The molecule has 2 heteroatoms. The van der Waals surface area contributed by atoms with Gasteiger partial charge >= 0.3 is 0 Å². The molecule has 0 saturated carbocycles. The second-order valence-electron chi connectivity index (χ2n) is 18.5. The van der Waals surface area contributed by atoms with Crippen molar-refractivity contribution >= 4 is 86.2 Å². The lowest BCUT2D eigenvalue weighted by Gasteiger charge is -2.21. The number of rotatable bonds is 15. The minimum absolute atomic E-state index is 0.675. The third kappa shape index (κ3) is 6.85. The largest absolute Gasteiger partial charge is 0.493 e. The zero-order valence-electron chi connectivity index (χ0n) is 38.1. The number of fused-ring (bicyclic) bond motifs is 2. The Balaban J connectivity index is 1.05. The van der Waals surface area contributed by atoms with Crippen LogP contribution in [0.3, 0.4) is 0 Å². The third-order valence-corrected chi connectivity index (χ3v) is 14.4. The SMILES string of the molecule is CCCCCCOc1ccc2cc(-c3cc4cccc5ccc6cccc3c6c54)ccc2c1-c1c(OCCCCCC)ccc2cc(-c3cc4cccc5ccc6cccc3c6c54)ccc12. The highest BCUT2D eigenvalue weighted by molar-refractivity contribution is 6.28. The van der Waals surface area contributed by atoms with Crippen LogP contribution in [0.5, 0.6) is 11.5 Å². The molecule has 0 aliphatic carbocycles. The molecule has 0 aliphatic rings. The van der Waals surface area contributed by atoms with E-state index in [1.807, 2.05) is 0 Å². The van der Waals surface area contributed by atoms with Crippen LogP contribution in [0.25, 0.3) is 120 Å². The summed E-state index contributed by atoms with van der Waals surface area (Å²) in [6.07, 6.45) is 9.19. The van der Waals surface area contributed by atoms with Gasteiger partial charge in [-0.05, 0) is 158 Å². The van der Waals surface area contributed by atoms with E-state index in [2.05, 4.69) is 184 Å². The first-order valence-corrected chi connectivity index (χ1v) is 24.4. The van der Waals surface area contributed by atoms with Gasteiger partial charge in [0.05, 0.1) is 13.2 Å². The maximum absolute atomic E-state index is 6.90. The van der Waals surface area contributed by atoms with Crippen LogP contribution in [0.2, 0.25) is 0 Å². The normalized spacial score (nSPS) is 12.1. The number of unbranched alkanes of at least 4 members (excludes halogenated alkanes) is 6. The fraction of sp³-hybridized carbons (Fsp3) is 0.188. The Hall–Kier alpha value is -7.16. The molecule has 66 heavy (non-hydrogen) atoms. The molecule has 0 heterocycles. The van der Waals surface area contributed by atoms with Gasteiger partial charge in [-0.1, -0.05) is 186 Å². The van der Waals surface area contributed by atoms with Gasteiger partial charge in [-0.25, -0.2) is 0 Å². The van der Waals surface area contributed by atoms with E-state index in [-0.39, 0.29) is 0 Å². The molecule has 0 N–H and O–H groups in total. The van der Waals surface area contributed by atoms with Gasteiger partial charge < -0.3 is 9.47 Å². The lowest BCUT2D eigenvalue weighted by atomic mass is 9.86. The summed E-state index contributed by atoms with van der Waals surface area (Å²) in [6.45, 7) is 5.88. The zero-order valence-corrected chi connectivity index (χ0v) is 38.1. The van der Waals surface area contributed by atoms with E-state index in [1.54, 1.807) is 0 Å². The average molecular weight is 855 g/mol. The molecule has 0 fully saturated rings. The Morgan fingerprint density at radius 1 is 0.303 bits per heavy atom. The first kappa shape index (κ1) is 40.4. The lowest BCUT2D eigenvalue weighted by molar-refractivity contribution is 0.302. The molecular formula is C64H54O2. The van der Waals surface area contributed by atoms with Gasteiger partial charge in [0.25, 0.3) is 0 Å². The van der Waals surface area contributed by atoms with E-state index in [4.69, 9.17) is 9.47 Å². The average Bonchev–Trinajstić information content (AvgIpc) is 3.36. The number of ether oxygens (including phenoxy) is 2. The van der Waals surface area contributed by atoms with Crippen LogP contribution in [-0.2, 0) is 0 Å². The van der Waals surface area contributed by atoms with Crippen LogP contribution in [0.15, 0.2) is 170 Å². The van der Waals surface area contributed by atoms with Crippen LogP contribution in [0, 0.1) is 0 Å². The molecule has 0 spiro atoms. The number of benzene rings is 12. The van der Waals surface area contributed by atoms with E-state index in [9.17, 15) is 0 Å². The molecule has 0 unspecified atom stereocenters. The van der Waals surface area contributed by atoms with Gasteiger partial charge in [0.1, 0.15) is 11.5 Å². The summed E-state index contributed by atoms with van der Waals surface area (Å²) >= 11 is 0. The molecular weight excluding hydrogens is 801 g/mol. The standard InChI is InChI=1S/C64H54O2/c1-3-5-7-9-35-65-57-33-29-45-37-47(55-39-49-19-11-15-41-23-25-43-17-13-21-53(55)61(43)59(41)49)27-31-51(45)63(57)64-52-32-28-48(38-46(52)30-34-58(64)66-36-10-8-6-4-2)56-40-50-20-12-16-42-24-26-44-18-14-22-54(56)62(44)60(42)50/h11-34,37-40H,3-10,35-36H2,1-2H3. The molecule has 0 amide bonds. The van der Waals surface area contributed by atoms with Crippen molar-refractivity contribution in [2.45, 2.75) is 65.2 Å². The summed E-state index contributed by atoms with van der Waals surface area (Å²) in [5.74, 6) is 1.82. The van der Waals surface area contributed by atoms with E-state index in [0.29, 0.717) is 13.2 Å². The lowest BCUT2D eigenvalue weighted by Crippen LogP contribution is -2.03. The molecule has 0 aromatic heterocycles. The third-order valence-electron chi connectivity index (χ3n) is 14.4. The van der Waals surface area contributed by atoms with Crippen molar-refractivity contribution in [3.8, 4) is 44.9 Å². The Morgan fingerprint density at radius 3 is 1.14 bits per heavy atom. The fourth-order valence-electron chi connectivity index (χ4n) is 11.1. The van der Waals surface area contributed by atoms with Crippen molar-refractivity contribution in [2.75, 3.05) is 13.2 Å². The van der Waals surface area contributed by atoms with Crippen molar-refractivity contribution < 1.29 is 9.47 Å². The summed E-state index contributed by atoms with van der Waals surface area (Å²) in [5.41, 5.74) is 7.15. The van der Waals surface area contributed by atoms with Crippen molar-refractivity contribution in [1.29, 1.82) is 0 Å². The van der Waals surface area contributed by atoms with Crippen molar-refractivity contribution in [3.63, 3.8) is 0 Å². The highest BCUT2D eigenvalue weighted by Crippen LogP contribution is 2.49. The predicted octanol–water partition coefficient (Wildman–Crippen LogP) is 18.7. The summed E-state index contributed by atoms with van der Waals surface area (Å²) in [7, 11) is 0. The topological polar surface area (TPSA) is 18.5 Å². The van der Waals surface area contributed by atoms with Crippen LogP contribution in [-0.4, -0.2) is 13.2 Å². The molecule has 0 saturated heterocycles. The Kier molecular flexibility index (Phi) is 10.4. The molecule has 0 aliphatic heterocycles. The quantitative estimate of drug-likeness (QED) is 0.0755. The summed E-state index contributed by atoms with van der Waals surface area (Å²) in [4.78, 5) is 0. The molecule has 12 aromatic rings. The molecule has 322 valence electrons. The zero-order chi connectivity index (χ0) is 44.1. The summed E-state index contributed by atoms with van der Waals surface area (Å²) in [5, 5.41) is 20.3. The number of hydrogen-bond acceptors (Lipinski definition) is 2. The van der Waals surface area contributed by atoms with E-state index < -0.39 is 0 Å². The van der Waals surface area contributed by atoms with Gasteiger partial charge in [0, 0.05) is 11.1 Å². The van der Waals surface area contributed by atoms with Crippen molar-refractivity contribution in [2.24, 2.45) is 0 Å². The monoisotopic (exact) mass is 854 g/mol. The highest BCUT2D eigenvalue weighted by atomic mass is 16.5. The Bertz CT molecular complexity index is 3500. The molecule has 0 atom stereocenters. The maximum atomic E-state index is 6.90. The Morgan fingerprint density at radius 2 is 0.697 bits per heavy atom. The van der Waals surface area contributed by atoms with Gasteiger partial charge in [-0.3, -0.25) is 0 Å². The Labute approximate surface area is 387 Å². The highest BCUT2D eigenvalue weighted by Gasteiger charge is 2.22. The predicted molar refractivity (Wildman–Crippen MR) is 284 cm³/mol. The van der Waals surface area contributed by atoms with Gasteiger partial charge in [0.15, 0.2) is 0 Å². The summed E-state index contributed by atoms with van der Waals surface area (Å²) < 4.78 is 13.8. The fourth-order valence-corrected chi connectivity index (χ4v) is 11.1. The van der Waals surface area contributed by atoms with Crippen LogP contribution in [0.4, 0.5) is 0 Å². The molecule has 12 aromatic carbocycles. The first-order chi connectivity index (χ1) is 32.7. The van der Waals surface area contributed by atoms with Crippen molar-refractivity contribution in [1.82, 2.24) is 0 Å². The molecule has 0 radical (unpaired) electrons. The second-order valence-corrected chi connectivity index (χ2v) is 18.5. The minimum Gasteiger partial charge on any atom is -0.493 e. The maximum Gasteiger partial charge on any atom is 0.127 e. The molecule has 0 bridgehead atoms. The van der Waals surface area contributed by atoms with Gasteiger partial charge in [-0.2, -0.15) is 0 Å². The number of hydrogen-bond donors (Lipinski definition) is 0. The van der Waals surface area contributed by atoms with Crippen molar-refractivity contribution in [3.05, 3.63) is 170 Å².